The molecule has 106 valence electrons. The van der Waals surface area contributed by atoms with Gasteiger partial charge in [-0.05, 0) is 24.6 Å². The van der Waals surface area contributed by atoms with Crippen molar-refractivity contribution in [2.24, 2.45) is 0 Å². The molecule has 0 fully saturated rings. The minimum Gasteiger partial charge on any atom is -0.465 e. The first-order valence-electron chi connectivity index (χ1n) is 6.52. The minimum atomic E-state index is -0.301. The van der Waals surface area contributed by atoms with Crippen LogP contribution in [0.15, 0.2) is 36.7 Å². The van der Waals surface area contributed by atoms with Gasteiger partial charge in [0, 0.05) is 19.3 Å². The van der Waals surface area contributed by atoms with E-state index in [-0.39, 0.29) is 5.97 Å². The Morgan fingerprint density at radius 1 is 1.40 bits per heavy atom. The molecule has 1 aromatic carbocycles. The zero-order chi connectivity index (χ0) is 14.2. The number of hydrogen-bond acceptors (Lipinski definition) is 5. The quantitative estimate of drug-likeness (QED) is 0.608. The zero-order valence-electron chi connectivity index (χ0n) is 11.5. The topological polar surface area (TPSA) is 69.0 Å². The summed E-state index contributed by atoms with van der Waals surface area (Å²) in [6.45, 7) is 2.31. The van der Waals surface area contributed by atoms with Gasteiger partial charge in [0.05, 0.1) is 18.9 Å². The van der Waals surface area contributed by atoms with Gasteiger partial charge < -0.3 is 10.1 Å². The van der Waals surface area contributed by atoms with E-state index in [1.165, 1.54) is 7.11 Å². The highest BCUT2D eigenvalue weighted by atomic mass is 16.5. The van der Waals surface area contributed by atoms with E-state index in [0.717, 1.165) is 25.1 Å². The lowest BCUT2D eigenvalue weighted by atomic mass is 10.1. The smallest absolute Gasteiger partial charge is 0.338 e. The number of rotatable bonds is 7. The van der Waals surface area contributed by atoms with Gasteiger partial charge in [0.25, 0.3) is 0 Å². The third-order valence-electron chi connectivity index (χ3n) is 2.95. The number of aryl methyl sites for hydroxylation is 1. The summed E-state index contributed by atoms with van der Waals surface area (Å²) in [5.74, 6) is -0.301. The summed E-state index contributed by atoms with van der Waals surface area (Å²) < 4.78 is 6.56. The zero-order valence-corrected chi connectivity index (χ0v) is 11.5. The monoisotopic (exact) mass is 274 g/mol. The molecule has 1 aromatic heterocycles. The van der Waals surface area contributed by atoms with E-state index >= 15 is 0 Å². The van der Waals surface area contributed by atoms with E-state index in [1.54, 1.807) is 16.9 Å². The number of nitrogens with one attached hydrogen (secondary N) is 1. The van der Waals surface area contributed by atoms with Crippen molar-refractivity contribution in [1.29, 1.82) is 0 Å². The van der Waals surface area contributed by atoms with Gasteiger partial charge in [-0.3, -0.25) is 4.68 Å². The maximum absolute atomic E-state index is 11.6. The predicted molar refractivity (Wildman–Crippen MR) is 74.1 cm³/mol. The van der Waals surface area contributed by atoms with Crippen molar-refractivity contribution in [1.82, 2.24) is 20.3 Å². The van der Waals surface area contributed by atoms with Crippen LogP contribution in [0.2, 0.25) is 0 Å². The molecule has 20 heavy (non-hydrogen) atoms. The Labute approximate surface area is 117 Å². The molecule has 0 atom stereocenters. The average molecular weight is 274 g/mol. The van der Waals surface area contributed by atoms with Crippen molar-refractivity contribution in [3.05, 3.63) is 47.8 Å². The number of esters is 1. The van der Waals surface area contributed by atoms with Gasteiger partial charge in [0.2, 0.25) is 0 Å². The molecule has 0 aliphatic heterocycles. The van der Waals surface area contributed by atoms with Gasteiger partial charge in [0.1, 0.15) is 0 Å². The van der Waals surface area contributed by atoms with Crippen LogP contribution in [0.5, 0.6) is 0 Å². The van der Waals surface area contributed by atoms with Gasteiger partial charge in [-0.15, -0.1) is 5.10 Å². The van der Waals surface area contributed by atoms with Crippen LogP contribution in [-0.4, -0.2) is 34.6 Å². The van der Waals surface area contributed by atoms with E-state index in [2.05, 4.69) is 15.6 Å². The maximum atomic E-state index is 11.6. The molecule has 0 saturated heterocycles. The number of carbonyl (C=O) groups excluding carboxylic acids is 1. The van der Waals surface area contributed by atoms with E-state index in [4.69, 9.17) is 4.74 Å². The van der Waals surface area contributed by atoms with Gasteiger partial charge >= 0.3 is 5.97 Å². The summed E-state index contributed by atoms with van der Waals surface area (Å²) in [5, 5.41) is 11.0. The van der Waals surface area contributed by atoms with Crippen LogP contribution in [0, 0.1) is 0 Å². The summed E-state index contributed by atoms with van der Waals surface area (Å²) in [7, 11) is 1.39. The highest BCUT2D eigenvalue weighted by Crippen LogP contribution is 2.09. The number of hydrogen-bond donors (Lipinski definition) is 1. The van der Waals surface area contributed by atoms with Crippen LogP contribution in [0.1, 0.15) is 22.3 Å². The number of methoxy groups -OCH3 is 1. The standard InChI is InChI=1S/C14H18N4O2/c1-20-14(19)13-6-3-2-5-12(13)11-15-7-4-9-18-10-8-16-17-18/h2-3,5-6,8,10,15H,4,7,9,11H2,1H3. The Morgan fingerprint density at radius 2 is 2.25 bits per heavy atom. The fraction of sp³-hybridized carbons (Fsp3) is 0.357. The second kappa shape index (κ2) is 7.40. The van der Waals surface area contributed by atoms with E-state index < -0.39 is 0 Å². The largest absolute Gasteiger partial charge is 0.465 e. The molecule has 0 bridgehead atoms. The lowest BCUT2D eigenvalue weighted by Gasteiger charge is -2.09. The number of benzene rings is 1. The van der Waals surface area contributed by atoms with E-state index in [9.17, 15) is 4.79 Å². The summed E-state index contributed by atoms with van der Waals surface area (Å²) >= 11 is 0. The first-order valence-corrected chi connectivity index (χ1v) is 6.52. The molecule has 0 amide bonds. The van der Waals surface area contributed by atoms with Crippen molar-refractivity contribution in [2.45, 2.75) is 19.5 Å². The summed E-state index contributed by atoms with van der Waals surface area (Å²) in [6, 6.07) is 7.45. The third kappa shape index (κ3) is 3.89. The minimum absolute atomic E-state index is 0.301. The molecule has 0 aliphatic rings. The predicted octanol–water partition coefficient (Wildman–Crippen LogP) is 1.24. The Morgan fingerprint density at radius 3 is 3.00 bits per heavy atom. The fourth-order valence-electron chi connectivity index (χ4n) is 1.92. The maximum Gasteiger partial charge on any atom is 0.338 e. The molecule has 2 rings (SSSR count). The van der Waals surface area contributed by atoms with Gasteiger partial charge in [-0.1, -0.05) is 23.4 Å². The highest BCUT2D eigenvalue weighted by Gasteiger charge is 2.09. The molecule has 1 N–H and O–H groups in total. The first kappa shape index (κ1) is 14.2. The lowest BCUT2D eigenvalue weighted by molar-refractivity contribution is 0.0599. The van der Waals surface area contributed by atoms with Crippen molar-refractivity contribution in [2.75, 3.05) is 13.7 Å². The molecular weight excluding hydrogens is 256 g/mol. The Hall–Kier alpha value is -2.21. The first-order chi connectivity index (χ1) is 9.81. The van der Waals surface area contributed by atoms with Crippen LogP contribution < -0.4 is 5.32 Å². The second-order valence-electron chi connectivity index (χ2n) is 4.35. The normalized spacial score (nSPS) is 10.4. The van der Waals surface area contributed by atoms with Crippen LogP contribution in [0.25, 0.3) is 0 Å². The van der Waals surface area contributed by atoms with E-state index in [1.807, 2.05) is 24.4 Å². The number of ether oxygens (including phenoxy) is 1. The van der Waals surface area contributed by atoms with Crippen LogP contribution in [0.4, 0.5) is 0 Å². The molecular formula is C14H18N4O2. The van der Waals surface area contributed by atoms with Crippen LogP contribution in [-0.2, 0) is 17.8 Å². The van der Waals surface area contributed by atoms with Crippen LogP contribution in [0.3, 0.4) is 0 Å². The number of nitrogens with zero attached hydrogens (tertiary/aromatic N) is 3. The molecule has 6 nitrogen and oxygen atoms in total. The molecule has 0 radical (unpaired) electrons. The molecule has 0 aliphatic carbocycles. The van der Waals surface area contributed by atoms with Crippen molar-refractivity contribution >= 4 is 5.97 Å². The molecule has 0 unspecified atom stereocenters. The van der Waals surface area contributed by atoms with Gasteiger partial charge in [-0.2, -0.15) is 0 Å². The van der Waals surface area contributed by atoms with E-state index in [0.29, 0.717) is 12.1 Å². The molecule has 6 heteroatoms. The SMILES string of the molecule is COC(=O)c1ccccc1CNCCCn1ccnn1. The number of aromatic nitrogens is 3. The highest BCUT2D eigenvalue weighted by molar-refractivity contribution is 5.90. The van der Waals surface area contributed by atoms with Crippen molar-refractivity contribution < 1.29 is 9.53 Å². The summed E-state index contributed by atoms with van der Waals surface area (Å²) in [5.41, 5.74) is 1.55. The second-order valence-corrected chi connectivity index (χ2v) is 4.35. The van der Waals surface area contributed by atoms with Gasteiger partial charge in [0.15, 0.2) is 0 Å². The summed E-state index contributed by atoms with van der Waals surface area (Å²) in [4.78, 5) is 11.6. The lowest BCUT2D eigenvalue weighted by Crippen LogP contribution is -2.18. The van der Waals surface area contributed by atoms with Gasteiger partial charge in [-0.25, -0.2) is 4.79 Å². The number of carbonyl (C=O) groups is 1. The summed E-state index contributed by atoms with van der Waals surface area (Å²) in [6.07, 6.45) is 4.45. The van der Waals surface area contributed by atoms with Crippen LogP contribution >= 0.6 is 0 Å². The molecule has 1 heterocycles. The Kier molecular flexibility index (Phi) is 5.25. The average Bonchev–Trinajstić information content (AvgIpc) is 3.00. The van der Waals surface area contributed by atoms with Crippen molar-refractivity contribution in [3.63, 3.8) is 0 Å². The molecule has 0 spiro atoms. The Bertz CT molecular complexity index is 540. The Balaban J connectivity index is 1.78. The fourth-order valence-corrected chi connectivity index (χ4v) is 1.92. The molecule has 2 aromatic rings. The third-order valence-corrected chi connectivity index (χ3v) is 2.95. The molecule has 0 saturated carbocycles. The van der Waals surface area contributed by atoms with Crippen molar-refractivity contribution in [3.8, 4) is 0 Å².